The molecule has 8 nitrogen and oxygen atoms in total. The number of hydrogen-bond donors (Lipinski definition) is 4. The molecule has 1 aliphatic heterocycles. The second kappa shape index (κ2) is 6.18. The molecule has 1 aromatic rings. The molecule has 1 fully saturated rings. The highest BCUT2D eigenvalue weighted by molar-refractivity contribution is 7.80. The first-order valence-electron chi connectivity index (χ1n) is 5.82. The maximum Gasteiger partial charge on any atom is 0.260 e. The largest absolute Gasteiger partial charge is 0.504 e. The average molecular weight is 308 g/mol. The standard InChI is InChI=1S/C12H12N4O4S/c1-20-8-4-6(2-3-7(8)17)5-13-16-9-10(18)14-12(21)15-11(9)19/h2-5,9,16-17H,1H3,(H2,14,15,18,19,21)/b13-5+. The van der Waals surface area contributed by atoms with Crippen LogP contribution < -0.4 is 20.8 Å². The van der Waals surface area contributed by atoms with Crippen LogP contribution in [0.1, 0.15) is 5.56 Å². The van der Waals surface area contributed by atoms with Gasteiger partial charge in [-0.1, -0.05) is 0 Å². The molecule has 0 aliphatic carbocycles. The van der Waals surface area contributed by atoms with Crippen LogP contribution in [0.5, 0.6) is 11.5 Å². The molecule has 1 aliphatic rings. The first-order chi connectivity index (χ1) is 10.0. The number of aromatic hydroxyl groups is 1. The van der Waals surface area contributed by atoms with Gasteiger partial charge >= 0.3 is 0 Å². The van der Waals surface area contributed by atoms with Crippen molar-refractivity contribution in [1.82, 2.24) is 16.1 Å². The summed E-state index contributed by atoms with van der Waals surface area (Å²) in [6, 6.07) is 3.43. The van der Waals surface area contributed by atoms with E-state index in [-0.39, 0.29) is 16.6 Å². The minimum absolute atomic E-state index is 0.00200. The van der Waals surface area contributed by atoms with Crippen LogP contribution in [0.15, 0.2) is 23.3 Å². The summed E-state index contributed by atoms with van der Waals surface area (Å²) >= 11 is 4.67. The zero-order chi connectivity index (χ0) is 15.4. The molecule has 2 rings (SSSR count). The number of phenolic OH excluding ortho intramolecular Hbond substituents is 1. The molecule has 21 heavy (non-hydrogen) atoms. The molecular formula is C12H12N4O4S. The summed E-state index contributed by atoms with van der Waals surface area (Å²) in [5.41, 5.74) is 3.04. The number of methoxy groups -OCH3 is 1. The zero-order valence-corrected chi connectivity index (χ0v) is 11.7. The van der Waals surface area contributed by atoms with Crippen molar-refractivity contribution in [3.05, 3.63) is 23.8 Å². The van der Waals surface area contributed by atoms with E-state index in [0.29, 0.717) is 5.56 Å². The smallest absolute Gasteiger partial charge is 0.260 e. The van der Waals surface area contributed by atoms with Gasteiger partial charge in [-0.15, -0.1) is 0 Å². The van der Waals surface area contributed by atoms with Crippen LogP contribution >= 0.6 is 12.2 Å². The maximum absolute atomic E-state index is 11.6. The predicted octanol–water partition coefficient (Wildman–Crippen LogP) is -0.776. The van der Waals surface area contributed by atoms with E-state index in [9.17, 15) is 14.7 Å². The number of benzene rings is 1. The lowest BCUT2D eigenvalue weighted by Crippen LogP contribution is -2.62. The number of phenols is 1. The van der Waals surface area contributed by atoms with Crippen LogP contribution in [-0.4, -0.2) is 41.4 Å². The van der Waals surface area contributed by atoms with Crippen LogP contribution in [0.2, 0.25) is 0 Å². The van der Waals surface area contributed by atoms with Crippen molar-refractivity contribution in [2.75, 3.05) is 7.11 Å². The monoisotopic (exact) mass is 308 g/mol. The van der Waals surface area contributed by atoms with Gasteiger partial charge in [0.1, 0.15) is 0 Å². The number of thiocarbonyl (C=S) groups is 1. The molecule has 0 atom stereocenters. The lowest BCUT2D eigenvalue weighted by molar-refractivity contribution is -0.132. The number of hydrogen-bond acceptors (Lipinski definition) is 7. The van der Waals surface area contributed by atoms with E-state index in [4.69, 9.17) is 4.74 Å². The van der Waals surface area contributed by atoms with E-state index in [1.807, 2.05) is 0 Å². The van der Waals surface area contributed by atoms with Crippen LogP contribution in [-0.2, 0) is 9.59 Å². The Morgan fingerprint density at radius 2 is 2.05 bits per heavy atom. The summed E-state index contributed by atoms with van der Waals surface area (Å²) in [7, 11) is 1.42. The molecule has 0 radical (unpaired) electrons. The quantitative estimate of drug-likeness (QED) is 0.251. The van der Waals surface area contributed by atoms with Gasteiger partial charge in [0.15, 0.2) is 16.6 Å². The molecule has 4 N–H and O–H groups in total. The molecule has 0 bridgehead atoms. The molecule has 9 heteroatoms. The second-order valence-corrected chi connectivity index (χ2v) is 4.47. The van der Waals surface area contributed by atoms with Gasteiger partial charge in [-0.25, -0.2) is 0 Å². The van der Waals surface area contributed by atoms with E-state index < -0.39 is 17.9 Å². The van der Waals surface area contributed by atoms with Gasteiger partial charge in [-0.05, 0) is 36.0 Å². The molecule has 110 valence electrons. The summed E-state index contributed by atoms with van der Waals surface area (Å²) in [4.78, 5) is 23.1. The lowest BCUT2D eigenvalue weighted by atomic mass is 10.2. The first kappa shape index (κ1) is 14.7. The van der Waals surface area contributed by atoms with E-state index in [2.05, 4.69) is 33.4 Å². The molecular weight excluding hydrogens is 296 g/mol. The van der Waals surface area contributed by atoms with E-state index in [0.717, 1.165) is 0 Å². The average Bonchev–Trinajstić information content (AvgIpc) is 2.43. The maximum atomic E-state index is 11.6. The van der Waals surface area contributed by atoms with Gasteiger partial charge in [0.2, 0.25) is 6.04 Å². The third-order valence-electron chi connectivity index (χ3n) is 2.62. The predicted molar refractivity (Wildman–Crippen MR) is 78.1 cm³/mol. The Labute approximate surface area is 125 Å². The Morgan fingerprint density at radius 1 is 1.38 bits per heavy atom. The third-order valence-corrected chi connectivity index (χ3v) is 2.82. The Kier molecular flexibility index (Phi) is 4.33. The SMILES string of the molecule is COc1cc(/C=N/NC2C(=O)NC(=S)NC2=O)ccc1O. The summed E-state index contributed by atoms with van der Waals surface area (Å²) in [5, 5.41) is 17.9. The molecule has 0 unspecified atom stereocenters. The van der Waals surface area contributed by atoms with Crippen molar-refractivity contribution >= 4 is 35.4 Å². The molecule has 0 spiro atoms. The van der Waals surface area contributed by atoms with Gasteiger partial charge in [0.05, 0.1) is 13.3 Å². The number of amides is 2. The molecule has 1 heterocycles. The Hall–Kier alpha value is -2.68. The van der Waals surface area contributed by atoms with Crippen LogP contribution in [0.3, 0.4) is 0 Å². The van der Waals surface area contributed by atoms with Crippen molar-refractivity contribution < 1.29 is 19.4 Å². The van der Waals surface area contributed by atoms with E-state index in [1.165, 1.54) is 19.4 Å². The second-order valence-electron chi connectivity index (χ2n) is 4.06. The van der Waals surface area contributed by atoms with Gasteiger partial charge in [0.25, 0.3) is 11.8 Å². The fraction of sp³-hybridized carbons (Fsp3) is 0.167. The number of hydrazone groups is 1. The topological polar surface area (TPSA) is 112 Å². The Morgan fingerprint density at radius 3 is 2.67 bits per heavy atom. The first-order valence-corrected chi connectivity index (χ1v) is 6.23. The third kappa shape index (κ3) is 3.45. The molecule has 0 aromatic heterocycles. The molecule has 1 aromatic carbocycles. The van der Waals surface area contributed by atoms with Gasteiger partial charge < -0.3 is 20.5 Å². The fourth-order valence-electron chi connectivity index (χ4n) is 1.60. The van der Waals surface area contributed by atoms with Crippen molar-refractivity contribution in [3.63, 3.8) is 0 Å². The van der Waals surface area contributed by atoms with Crippen LogP contribution in [0.4, 0.5) is 0 Å². The lowest BCUT2D eigenvalue weighted by Gasteiger charge is -2.21. The van der Waals surface area contributed by atoms with Crippen molar-refractivity contribution in [1.29, 1.82) is 0 Å². The number of nitrogens with zero attached hydrogens (tertiary/aromatic N) is 1. The highest BCUT2D eigenvalue weighted by Gasteiger charge is 2.32. The number of rotatable bonds is 4. The summed E-state index contributed by atoms with van der Waals surface area (Å²) in [6.07, 6.45) is 1.38. The summed E-state index contributed by atoms with van der Waals surface area (Å²) in [6.45, 7) is 0. The van der Waals surface area contributed by atoms with Gasteiger partial charge in [-0.3, -0.25) is 15.0 Å². The van der Waals surface area contributed by atoms with Crippen LogP contribution in [0.25, 0.3) is 0 Å². The van der Waals surface area contributed by atoms with Gasteiger partial charge in [0, 0.05) is 0 Å². The highest BCUT2D eigenvalue weighted by Crippen LogP contribution is 2.25. The van der Waals surface area contributed by atoms with Crippen molar-refractivity contribution in [2.24, 2.45) is 5.10 Å². The number of carbonyl (C=O) groups excluding carboxylic acids is 2. The van der Waals surface area contributed by atoms with E-state index in [1.54, 1.807) is 12.1 Å². The Balaban J connectivity index is 2.03. The number of ether oxygens (including phenoxy) is 1. The van der Waals surface area contributed by atoms with Crippen molar-refractivity contribution in [3.8, 4) is 11.5 Å². The molecule has 0 saturated carbocycles. The highest BCUT2D eigenvalue weighted by atomic mass is 32.1. The van der Waals surface area contributed by atoms with Crippen molar-refractivity contribution in [2.45, 2.75) is 6.04 Å². The molecule has 2 amide bonds. The Bertz CT molecular complexity index is 612. The summed E-state index contributed by atoms with van der Waals surface area (Å²) in [5.74, 6) is -0.868. The number of carbonyl (C=O) groups is 2. The molecule has 1 saturated heterocycles. The van der Waals surface area contributed by atoms with E-state index >= 15 is 0 Å². The summed E-state index contributed by atoms with van der Waals surface area (Å²) < 4.78 is 4.95. The minimum atomic E-state index is -1.16. The van der Waals surface area contributed by atoms with Crippen LogP contribution in [0, 0.1) is 0 Å². The fourth-order valence-corrected chi connectivity index (χ4v) is 1.80. The zero-order valence-electron chi connectivity index (χ0n) is 10.9. The number of nitrogens with one attached hydrogen (secondary N) is 3. The minimum Gasteiger partial charge on any atom is -0.504 e. The normalized spacial score (nSPS) is 15.8. The van der Waals surface area contributed by atoms with Gasteiger partial charge in [-0.2, -0.15) is 5.10 Å².